The third-order valence-electron chi connectivity index (χ3n) is 9.32. The molecular weight excluding hydrogens is 516 g/mol. The minimum absolute atomic E-state index is 0.927. The Morgan fingerprint density at radius 2 is 0.767 bits per heavy atom. The standard InChI is InChI=1S/C43H28/c1-3-12-28(13-4-1)31-25-39(29-14-5-2-6-15-29)43-27-42-32(20-11-21-37(42)41(43)26-31)30-22-23-38-35-18-8-7-16-33(35)34-17-9-10-19-36(34)40(38)24-30/h1-26H,27H2. The van der Waals surface area contributed by atoms with Gasteiger partial charge in [0, 0.05) is 0 Å². The SMILES string of the molecule is c1ccc(-c2cc(-c3ccccc3)c3c(c2)-c2cccc(-c4ccc5c6ccccc6c6ccccc6c5c4)c2C3)cc1. The molecule has 8 aromatic carbocycles. The van der Waals surface area contributed by atoms with E-state index in [1.54, 1.807) is 0 Å². The Balaban J connectivity index is 1.27. The molecule has 200 valence electrons. The number of hydrogen-bond donors (Lipinski definition) is 0. The topological polar surface area (TPSA) is 0 Å². The molecule has 0 unspecified atom stereocenters. The third-order valence-corrected chi connectivity index (χ3v) is 9.32. The first kappa shape index (κ1) is 24.2. The van der Waals surface area contributed by atoms with Gasteiger partial charge in [-0.1, -0.05) is 140 Å². The molecule has 0 radical (unpaired) electrons. The van der Waals surface area contributed by atoms with E-state index in [-0.39, 0.29) is 0 Å². The molecule has 0 saturated carbocycles. The number of hydrogen-bond acceptors (Lipinski definition) is 0. The zero-order valence-corrected chi connectivity index (χ0v) is 23.7. The fraction of sp³-hybridized carbons (Fsp3) is 0.0233. The summed E-state index contributed by atoms with van der Waals surface area (Å²) in [5, 5.41) is 7.89. The lowest BCUT2D eigenvalue weighted by atomic mass is 9.90. The molecule has 1 aliphatic rings. The van der Waals surface area contributed by atoms with Crippen LogP contribution in [0.25, 0.3) is 76.8 Å². The molecule has 0 nitrogen and oxygen atoms in total. The van der Waals surface area contributed by atoms with Crippen molar-refractivity contribution >= 4 is 32.3 Å². The monoisotopic (exact) mass is 544 g/mol. The number of benzene rings is 8. The van der Waals surface area contributed by atoms with E-state index in [0.717, 1.165) is 6.42 Å². The van der Waals surface area contributed by atoms with E-state index in [1.807, 2.05) is 0 Å². The molecule has 0 bridgehead atoms. The van der Waals surface area contributed by atoms with Crippen molar-refractivity contribution in [3.8, 4) is 44.5 Å². The van der Waals surface area contributed by atoms with Gasteiger partial charge in [0.2, 0.25) is 0 Å². The summed E-state index contributed by atoms with van der Waals surface area (Å²) in [7, 11) is 0. The van der Waals surface area contributed by atoms with Crippen LogP contribution in [-0.4, -0.2) is 0 Å². The zero-order valence-electron chi connectivity index (χ0n) is 23.7. The van der Waals surface area contributed by atoms with Crippen molar-refractivity contribution in [2.45, 2.75) is 6.42 Å². The van der Waals surface area contributed by atoms with Crippen LogP contribution in [-0.2, 0) is 6.42 Å². The van der Waals surface area contributed by atoms with E-state index < -0.39 is 0 Å². The second kappa shape index (κ2) is 9.54. The molecule has 0 atom stereocenters. The Hall–Kier alpha value is -5.46. The summed E-state index contributed by atoms with van der Waals surface area (Å²) in [5.41, 5.74) is 13.3. The van der Waals surface area contributed by atoms with Crippen molar-refractivity contribution < 1.29 is 0 Å². The van der Waals surface area contributed by atoms with Crippen LogP contribution < -0.4 is 0 Å². The molecule has 1 aliphatic carbocycles. The summed E-state index contributed by atoms with van der Waals surface area (Å²) >= 11 is 0. The molecule has 0 amide bonds. The molecule has 43 heavy (non-hydrogen) atoms. The first-order valence-corrected chi connectivity index (χ1v) is 15.1. The summed E-state index contributed by atoms with van der Waals surface area (Å²) in [6.45, 7) is 0. The van der Waals surface area contributed by atoms with E-state index in [4.69, 9.17) is 0 Å². The second-order valence-corrected chi connectivity index (χ2v) is 11.6. The van der Waals surface area contributed by atoms with Crippen LogP contribution in [0.3, 0.4) is 0 Å². The lowest BCUT2D eigenvalue weighted by Gasteiger charge is -2.14. The Morgan fingerprint density at radius 1 is 0.256 bits per heavy atom. The van der Waals surface area contributed by atoms with E-state index >= 15 is 0 Å². The van der Waals surface area contributed by atoms with Gasteiger partial charge < -0.3 is 0 Å². The highest BCUT2D eigenvalue weighted by Gasteiger charge is 2.26. The molecule has 0 spiro atoms. The average Bonchev–Trinajstić information content (AvgIpc) is 3.47. The smallest absolute Gasteiger partial charge is 0.000111 e. The predicted molar refractivity (Wildman–Crippen MR) is 184 cm³/mol. The maximum absolute atomic E-state index is 2.43. The van der Waals surface area contributed by atoms with Crippen molar-refractivity contribution in [1.82, 2.24) is 0 Å². The molecule has 0 aliphatic heterocycles. The Morgan fingerprint density at radius 3 is 1.44 bits per heavy atom. The van der Waals surface area contributed by atoms with Gasteiger partial charge in [-0.2, -0.15) is 0 Å². The minimum atomic E-state index is 0.927. The fourth-order valence-corrected chi connectivity index (χ4v) is 7.33. The molecule has 0 heteroatoms. The summed E-state index contributed by atoms with van der Waals surface area (Å²) in [6.07, 6.45) is 0.927. The first-order valence-electron chi connectivity index (χ1n) is 15.1. The van der Waals surface area contributed by atoms with Crippen LogP contribution in [0.2, 0.25) is 0 Å². The van der Waals surface area contributed by atoms with Crippen LogP contribution in [0, 0.1) is 0 Å². The average molecular weight is 545 g/mol. The second-order valence-electron chi connectivity index (χ2n) is 11.6. The largest absolute Gasteiger partial charge is 0.0622 e. The molecular formula is C43H28. The summed E-state index contributed by atoms with van der Waals surface area (Å²) in [4.78, 5) is 0. The highest BCUT2D eigenvalue weighted by molar-refractivity contribution is 6.25. The van der Waals surface area contributed by atoms with Gasteiger partial charge in [-0.15, -0.1) is 0 Å². The summed E-state index contributed by atoms with van der Waals surface area (Å²) in [6, 6.07) is 58.1. The van der Waals surface area contributed by atoms with E-state index in [0.29, 0.717) is 0 Å². The van der Waals surface area contributed by atoms with Gasteiger partial charge in [0.1, 0.15) is 0 Å². The van der Waals surface area contributed by atoms with E-state index in [1.165, 1.54) is 88.0 Å². The van der Waals surface area contributed by atoms with Crippen molar-refractivity contribution in [2.24, 2.45) is 0 Å². The van der Waals surface area contributed by atoms with E-state index in [9.17, 15) is 0 Å². The fourth-order valence-electron chi connectivity index (χ4n) is 7.33. The van der Waals surface area contributed by atoms with Gasteiger partial charge in [-0.05, 0) is 113 Å². The first-order chi connectivity index (χ1) is 21.3. The Kier molecular flexibility index (Phi) is 5.36. The van der Waals surface area contributed by atoms with Crippen LogP contribution in [0.1, 0.15) is 11.1 Å². The van der Waals surface area contributed by atoms with Gasteiger partial charge in [-0.3, -0.25) is 0 Å². The maximum atomic E-state index is 2.43. The van der Waals surface area contributed by atoms with Gasteiger partial charge in [0.25, 0.3) is 0 Å². The van der Waals surface area contributed by atoms with Crippen LogP contribution >= 0.6 is 0 Å². The molecule has 0 N–H and O–H groups in total. The van der Waals surface area contributed by atoms with Crippen molar-refractivity contribution in [3.05, 3.63) is 169 Å². The molecule has 0 aromatic heterocycles. The summed E-state index contributed by atoms with van der Waals surface area (Å²) < 4.78 is 0. The van der Waals surface area contributed by atoms with Gasteiger partial charge in [0.05, 0.1) is 0 Å². The van der Waals surface area contributed by atoms with Crippen LogP contribution in [0.5, 0.6) is 0 Å². The number of fused-ring (bicyclic) bond motifs is 9. The normalized spacial score (nSPS) is 12.1. The van der Waals surface area contributed by atoms with E-state index in [2.05, 4.69) is 158 Å². The van der Waals surface area contributed by atoms with Gasteiger partial charge in [-0.25, -0.2) is 0 Å². The lowest BCUT2D eigenvalue weighted by molar-refractivity contribution is 1.26. The molecule has 0 heterocycles. The quantitative estimate of drug-likeness (QED) is 0.194. The van der Waals surface area contributed by atoms with Gasteiger partial charge >= 0.3 is 0 Å². The molecule has 9 rings (SSSR count). The molecule has 0 fully saturated rings. The Labute approximate surface area is 251 Å². The minimum Gasteiger partial charge on any atom is -0.0622 e. The highest BCUT2D eigenvalue weighted by Crippen LogP contribution is 2.48. The van der Waals surface area contributed by atoms with Crippen LogP contribution in [0.4, 0.5) is 0 Å². The van der Waals surface area contributed by atoms with Crippen LogP contribution in [0.15, 0.2) is 158 Å². The van der Waals surface area contributed by atoms with Crippen molar-refractivity contribution in [1.29, 1.82) is 0 Å². The van der Waals surface area contributed by atoms with Crippen molar-refractivity contribution in [2.75, 3.05) is 0 Å². The predicted octanol–water partition coefficient (Wildman–Crippen LogP) is 11.7. The van der Waals surface area contributed by atoms with Crippen molar-refractivity contribution in [3.63, 3.8) is 0 Å². The number of rotatable bonds is 3. The lowest BCUT2D eigenvalue weighted by Crippen LogP contribution is -1.91. The third kappa shape index (κ3) is 3.77. The maximum Gasteiger partial charge on any atom is -0.000111 e. The van der Waals surface area contributed by atoms with Gasteiger partial charge in [0.15, 0.2) is 0 Å². The Bertz CT molecular complexity index is 2310. The summed E-state index contributed by atoms with van der Waals surface area (Å²) in [5.74, 6) is 0. The molecule has 0 saturated heterocycles. The highest BCUT2D eigenvalue weighted by atomic mass is 14.3. The zero-order chi connectivity index (χ0) is 28.3. The molecule has 8 aromatic rings.